The molecule has 0 aromatic heterocycles. The summed E-state index contributed by atoms with van der Waals surface area (Å²) in [6, 6.07) is 31.6. The lowest BCUT2D eigenvalue weighted by atomic mass is 9.91. The average molecular weight is 500 g/mol. The molecule has 0 saturated heterocycles. The van der Waals surface area contributed by atoms with Gasteiger partial charge in [-0.1, -0.05) is 54.6 Å². The number of benzene rings is 4. The topological polar surface area (TPSA) is 60.7 Å². The van der Waals surface area contributed by atoms with Gasteiger partial charge in [-0.25, -0.2) is 0 Å². The molecule has 4 heteroatoms. The van der Waals surface area contributed by atoms with Gasteiger partial charge in [0.2, 0.25) is 0 Å². The molecule has 1 unspecified atom stereocenters. The number of phenolic OH excluding ortho intramolecular Hbond substituents is 2. The number of hydrogen-bond acceptors (Lipinski definition) is 3. The second-order valence-electron chi connectivity index (χ2n) is 10.0. The highest BCUT2D eigenvalue weighted by Gasteiger charge is 2.50. The monoisotopic (exact) mass is 499 g/mol. The largest absolute Gasteiger partial charge is 0.507 e. The second kappa shape index (κ2) is 10.5. The summed E-state index contributed by atoms with van der Waals surface area (Å²) >= 11 is 0. The highest BCUT2D eigenvalue weighted by molar-refractivity contribution is 7.95. The van der Waals surface area contributed by atoms with Crippen molar-refractivity contribution in [3.8, 4) is 11.5 Å². The van der Waals surface area contributed by atoms with E-state index in [0.29, 0.717) is 41.3 Å². The second-order valence-corrected chi connectivity index (χ2v) is 13.5. The number of aliphatic hydroxyl groups is 1. The van der Waals surface area contributed by atoms with Gasteiger partial charge in [-0.3, -0.25) is 0 Å². The zero-order valence-corrected chi connectivity index (χ0v) is 22.5. The first-order valence-corrected chi connectivity index (χ1v) is 14.4. The molecule has 36 heavy (non-hydrogen) atoms. The molecule has 3 nitrogen and oxygen atoms in total. The molecule has 1 atom stereocenters. The van der Waals surface area contributed by atoms with Gasteiger partial charge in [0.15, 0.2) is 0 Å². The molecular formula is C32H36O3P+. The predicted molar refractivity (Wildman–Crippen MR) is 153 cm³/mol. The van der Waals surface area contributed by atoms with Crippen molar-refractivity contribution in [2.75, 3.05) is 6.16 Å². The van der Waals surface area contributed by atoms with E-state index in [1.165, 1.54) is 15.9 Å². The summed E-state index contributed by atoms with van der Waals surface area (Å²) < 4.78 is 0. The van der Waals surface area contributed by atoms with Gasteiger partial charge in [0.25, 0.3) is 0 Å². The molecule has 0 bridgehead atoms. The SMILES string of the molecule is Cc1c(C)c(O)c(CCC(C)(O)C[P+](c2ccccc2)(c2ccccc2)c2ccccc2)c(C)c1O. The van der Waals surface area contributed by atoms with E-state index in [1.54, 1.807) is 0 Å². The number of phenols is 2. The van der Waals surface area contributed by atoms with Gasteiger partial charge in [0.1, 0.15) is 40.8 Å². The maximum Gasteiger partial charge on any atom is 0.122 e. The standard InChI is InChI=1S/C32H35O3P/c1-23-24(2)31(34)29(25(3)30(23)33)20-21-32(4,35)22-36(26-14-8-5-9-15-26,27-16-10-6-11-17-27)28-18-12-7-13-19-28/h5-19,35H,20-22H2,1-4H3,(H-,33,34)/p+1. The summed E-state index contributed by atoms with van der Waals surface area (Å²) in [5.41, 5.74) is 1.75. The molecule has 0 aliphatic heterocycles. The molecule has 0 aliphatic carbocycles. The van der Waals surface area contributed by atoms with Gasteiger partial charge in [0, 0.05) is 5.56 Å². The van der Waals surface area contributed by atoms with E-state index in [1.807, 2.05) is 45.9 Å². The van der Waals surface area contributed by atoms with Gasteiger partial charge in [-0.05, 0) is 93.6 Å². The maximum absolute atomic E-state index is 12.0. The maximum atomic E-state index is 12.0. The Morgan fingerprint density at radius 1 is 0.611 bits per heavy atom. The van der Waals surface area contributed by atoms with Crippen molar-refractivity contribution in [3.63, 3.8) is 0 Å². The van der Waals surface area contributed by atoms with E-state index in [4.69, 9.17) is 0 Å². The number of aromatic hydroxyl groups is 2. The normalized spacial score (nSPS) is 13.4. The summed E-state index contributed by atoms with van der Waals surface area (Å²) in [4.78, 5) is 0. The van der Waals surface area contributed by atoms with Crippen LogP contribution in [0.5, 0.6) is 11.5 Å². The Labute approximate surface area is 215 Å². The third-order valence-corrected chi connectivity index (χ3v) is 12.1. The van der Waals surface area contributed by atoms with Crippen LogP contribution < -0.4 is 15.9 Å². The summed E-state index contributed by atoms with van der Waals surface area (Å²) in [7, 11) is -2.21. The minimum Gasteiger partial charge on any atom is -0.507 e. The van der Waals surface area contributed by atoms with Crippen LogP contribution in [0.25, 0.3) is 0 Å². The fourth-order valence-corrected chi connectivity index (χ4v) is 9.91. The Morgan fingerprint density at radius 3 is 1.42 bits per heavy atom. The molecule has 0 amide bonds. The smallest absolute Gasteiger partial charge is 0.122 e. The van der Waals surface area contributed by atoms with E-state index in [0.717, 1.165) is 0 Å². The molecule has 0 heterocycles. The van der Waals surface area contributed by atoms with Crippen molar-refractivity contribution in [2.45, 2.75) is 46.1 Å². The van der Waals surface area contributed by atoms with Gasteiger partial charge in [-0.2, -0.15) is 0 Å². The lowest BCUT2D eigenvalue weighted by Crippen LogP contribution is -2.42. The quantitative estimate of drug-likeness (QED) is 0.215. The van der Waals surface area contributed by atoms with Gasteiger partial charge in [0.05, 0.1) is 5.60 Å². The molecule has 4 aromatic rings. The van der Waals surface area contributed by atoms with Crippen LogP contribution in [-0.2, 0) is 6.42 Å². The van der Waals surface area contributed by atoms with Crippen molar-refractivity contribution >= 4 is 23.2 Å². The Bertz CT molecular complexity index is 1190. The molecule has 0 aliphatic rings. The fourth-order valence-electron chi connectivity index (χ4n) is 5.24. The molecule has 0 spiro atoms. The third kappa shape index (κ3) is 4.91. The van der Waals surface area contributed by atoms with Gasteiger partial charge < -0.3 is 15.3 Å². The van der Waals surface area contributed by atoms with Crippen LogP contribution in [0.15, 0.2) is 91.0 Å². The highest BCUT2D eigenvalue weighted by atomic mass is 31.2. The molecule has 0 saturated carbocycles. The van der Waals surface area contributed by atoms with E-state index in [9.17, 15) is 15.3 Å². The Morgan fingerprint density at radius 2 is 1.00 bits per heavy atom. The minimum absolute atomic E-state index is 0.217. The predicted octanol–water partition coefficient (Wildman–Crippen LogP) is 5.70. The molecule has 0 fully saturated rings. The van der Waals surface area contributed by atoms with Crippen molar-refractivity contribution in [2.24, 2.45) is 0 Å². The van der Waals surface area contributed by atoms with Crippen LogP contribution in [0, 0.1) is 20.8 Å². The highest BCUT2D eigenvalue weighted by Crippen LogP contribution is 2.57. The fraction of sp³-hybridized carbons (Fsp3) is 0.250. The van der Waals surface area contributed by atoms with Crippen LogP contribution in [0.4, 0.5) is 0 Å². The van der Waals surface area contributed by atoms with Gasteiger partial charge in [-0.15, -0.1) is 0 Å². The first kappa shape index (κ1) is 25.9. The van der Waals surface area contributed by atoms with Crippen molar-refractivity contribution in [1.29, 1.82) is 0 Å². The zero-order chi connectivity index (χ0) is 25.9. The van der Waals surface area contributed by atoms with Gasteiger partial charge >= 0.3 is 0 Å². The van der Waals surface area contributed by atoms with E-state index >= 15 is 0 Å². The van der Waals surface area contributed by atoms with E-state index in [2.05, 4.69) is 72.8 Å². The van der Waals surface area contributed by atoms with Crippen molar-refractivity contribution in [1.82, 2.24) is 0 Å². The first-order valence-electron chi connectivity index (χ1n) is 12.5. The van der Waals surface area contributed by atoms with E-state index in [-0.39, 0.29) is 11.5 Å². The third-order valence-electron chi connectivity index (χ3n) is 7.45. The first-order chi connectivity index (χ1) is 17.2. The van der Waals surface area contributed by atoms with Crippen LogP contribution in [0.2, 0.25) is 0 Å². The van der Waals surface area contributed by atoms with E-state index < -0.39 is 12.9 Å². The number of rotatable bonds is 8. The average Bonchev–Trinajstić information content (AvgIpc) is 2.91. The van der Waals surface area contributed by atoms with Crippen LogP contribution in [0.1, 0.15) is 35.6 Å². The molecule has 186 valence electrons. The van der Waals surface area contributed by atoms with Crippen molar-refractivity contribution < 1.29 is 15.3 Å². The molecule has 0 radical (unpaired) electrons. The van der Waals surface area contributed by atoms with Crippen LogP contribution >= 0.6 is 7.26 Å². The van der Waals surface area contributed by atoms with Crippen LogP contribution in [-0.4, -0.2) is 27.1 Å². The summed E-state index contributed by atoms with van der Waals surface area (Å²) in [5, 5.41) is 37.1. The Hall–Kier alpha value is -3.13. The number of hydrogen-bond donors (Lipinski definition) is 3. The molecule has 4 rings (SSSR count). The molecule has 3 N–H and O–H groups in total. The zero-order valence-electron chi connectivity index (χ0n) is 21.6. The van der Waals surface area contributed by atoms with Crippen LogP contribution in [0.3, 0.4) is 0 Å². The summed E-state index contributed by atoms with van der Waals surface area (Å²) in [6.07, 6.45) is 1.49. The lowest BCUT2D eigenvalue weighted by molar-refractivity contribution is 0.0751. The Kier molecular flexibility index (Phi) is 7.54. The van der Waals surface area contributed by atoms with Crippen molar-refractivity contribution in [3.05, 3.63) is 113 Å². The summed E-state index contributed by atoms with van der Waals surface area (Å²) in [5.74, 6) is 0.438. The summed E-state index contributed by atoms with van der Waals surface area (Å²) in [6.45, 7) is 7.38. The molecule has 4 aromatic carbocycles. The molecular weight excluding hydrogens is 463 g/mol. The Balaban J connectivity index is 1.79. The minimum atomic E-state index is -2.21. The lowest BCUT2D eigenvalue weighted by Gasteiger charge is -2.34.